The monoisotopic (exact) mass is 256 g/mol. The van der Waals surface area contributed by atoms with Gasteiger partial charge in [0.25, 0.3) is 0 Å². The Bertz CT molecular complexity index is 561. The van der Waals surface area contributed by atoms with Gasteiger partial charge in [0.2, 0.25) is 0 Å². The minimum absolute atomic E-state index is 0.244. The summed E-state index contributed by atoms with van der Waals surface area (Å²) in [5, 5.41) is 0. The molecule has 0 N–H and O–H groups in total. The van der Waals surface area contributed by atoms with Crippen LogP contribution in [0.25, 0.3) is 11.1 Å². The molecule has 0 aromatic heterocycles. The van der Waals surface area contributed by atoms with Crippen LogP contribution in [0.1, 0.15) is 5.56 Å². The van der Waals surface area contributed by atoms with E-state index in [0.29, 0.717) is 0 Å². The molecular formula is C16H16O3. The average molecular weight is 256 g/mol. The van der Waals surface area contributed by atoms with Crippen LogP contribution in [0.2, 0.25) is 0 Å². The first-order valence-corrected chi connectivity index (χ1v) is 6.03. The molecule has 98 valence electrons. The zero-order chi connectivity index (χ0) is 13.7. The molecule has 0 fully saturated rings. The fourth-order valence-electron chi connectivity index (χ4n) is 1.92. The summed E-state index contributed by atoms with van der Waals surface area (Å²) in [5.41, 5.74) is 3.00. The number of carbonyl (C=O) groups is 1. The van der Waals surface area contributed by atoms with E-state index in [-0.39, 0.29) is 12.4 Å². The summed E-state index contributed by atoms with van der Waals surface area (Å²) >= 11 is 0. The van der Waals surface area contributed by atoms with Crippen LogP contribution < -0.4 is 4.74 Å². The number of benzene rings is 2. The van der Waals surface area contributed by atoms with Gasteiger partial charge in [0.15, 0.2) is 0 Å². The Morgan fingerprint density at radius 3 is 2.37 bits per heavy atom. The van der Waals surface area contributed by atoms with Gasteiger partial charge >= 0.3 is 5.97 Å². The van der Waals surface area contributed by atoms with Crippen molar-refractivity contribution in [2.24, 2.45) is 0 Å². The number of carbonyl (C=O) groups excluding carboxylic acids is 1. The van der Waals surface area contributed by atoms with Crippen molar-refractivity contribution in [1.82, 2.24) is 0 Å². The van der Waals surface area contributed by atoms with Crippen LogP contribution >= 0.6 is 0 Å². The molecule has 0 amide bonds. The summed E-state index contributed by atoms with van der Waals surface area (Å²) in [4.78, 5) is 11.4. The molecule has 0 radical (unpaired) electrons. The van der Waals surface area contributed by atoms with Gasteiger partial charge in [-0.25, -0.2) is 0 Å². The SMILES string of the molecule is COC(=O)Cc1cc(OC)cc(-c2ccccc2)c1. The van der Waals surface area contributed by atoms with E-state index in [2.05, 4.69) is 0 Å². The molecule has 0 atom stereocenters. The quantitative estimate of drug-likeness (QED) is 0.789. The van der Waals surface area contributed by atoms with Crippen LogP contribution in [0.4, 0.5) is 0 Å². The number of hydrogen-bond acceptors (Lipinski definition) is 3. The highest BCUT2D eigenvalue weighted by atomic mass is 16.5. The van der Waals surface area contributed by atoms with Crippen molar-refractivity contribution in [1.29, 1.82) is 0 Å². The second-order valence-corrected chi connectivity index (χ2v) is 4.19. The molecule has 0 bridgehead atoms. The highest BCUT2D eigenvalue weighted by molar-refractivity contribution is 5.74. The van der Waals surface area contributed by atoms with Crippen LogP contribution in [0.5, 0.6) is 5.75 Å². The average Bonchev–Trinajstić information content (AvgIpc) is 2.47. The maximum Gasteiger partial charge on any atom is 0.309 e. The molecule has 0 spiro atoms. The van der Waals surface area contributed by atoms with Crippen molar-refractivity contribution in [2.45, 2.75) is 6.42 Å². The Morgan fingerprint density at radius 2 is 1.74 bits per heavy atom. The Morgan fingerprint density at radius 1 is 1.00 bits per heavy atom. The molecule has 0 aliphatic carbocycles. The van der Waals surface area contributed by atoms with Gasteiger partial charge in [0.1, 0.15) is 5.75 Å². The number of rotatable bonds is 4. The Labute approximate surface area is 112 Å². The van der Waals surface area contributed by atoms with Gasteiger partial charge in [0, 0.05) is 0 Å². The van der Waals surface area contributed by atoms with Gasteiger partial charge in [-0.1, -0.05) is 36.4 Å². The molecule has 0 saturated carbocycles. The first kappa shape index (κ1) is 13.1. The lowest BCUT2D eigenvalue weighted by atomic mass is 10.0. The minimum atomic E-state index is -0.257. The standard InChI is InChI=1S/C16H16O3/c1-18-15-9-12(10-16(17)19-2)8-14(11-15)13-6-4-3-5-7-13/h3-9,11H,10H2,1-2H3. The van der Waals surface area contributed by atoms with Gasteiger partial charge < -0.3 is 9.47 Å². The van der Waals surface area contributed by atoms with E-state index in [1.54, 1.807) is 7.11 Å². The molecule has 0 aliphatic heterocycles. The Kier molecular flexibility index (Phi) is 4.18. The van der Waals surface area contributed by atoms with Crippen molar-refractivity contribution in [3.05, 3.63) is 54.1 Å². The zero-order valence-corrected chi connectivity index (χ0v) is 11.1. The maximum absolute atomic E-state index is 11.4. The van der Waals surface area contributed by atoms with E-state index in [1.807, 2.05) is 48.5 Å². The topological polar surface area (TPSA) is 35.5 Å². The first-order chi connectivity index (χ1) is 9.22. The lowest BCUT2D eigenvalue weighted by Crippen LogP contribution is -2.04. The number of methoxy groups -OCH3 is 2. The molecule has 0 saturated heterocycles. The molecule has 3 heteroatoms. The summed E-state index contributed by atoms with van der Waals surface area (Å²) in [7, 11) is 3.01. The molecule has 2 rings (SSSR count). The van der Waals surface area contributed by atoms with Gasteiger partial charge in [-0.3, -0.25) is 4.79 Å². The molecule has 3 nitrogen and oxygen atoms in total. The van der Waals surface area contributed by atoms with Gasteiger partial charge in [-0.15, -0.1) is 0 Å². The third-order valence-corrected chi connectivity index (χ3v) is 2.89. The molecule has 0 unspecified atom stereocenters. The highest BCUT2D eigenvalue weighted by Gasteiger charge is 2.07. The van der Waals surface area contributed by atoms with E-state index < -0.39 is 0 Å². The third-order valence-electron chi connectivity index (χ3n) is 2.89. The normalized spacial score (nSPS) is 10.0. The second-order valence-electron chi connectivity index (χ2n) is 4.19. The zero-order valence-electron chi connectivity index (χ0n) is 11.1. The minimum Gasteiger partial charge on any atom is -0.497 e. The fourth-order valence-corrected chi connectivity index (χ4v) is 1.92. The lowest BCUT2D eigenvalue weighted by Gasteiger charge is -2.09. The first-order valence-electron chi connectivity index (χ1n) is 6.03. The van der Waals surface area contributed by atoms with Crippen LogP contribution in [-0.4, -0.2) is 20.2 Å². The van der Waals surface area contributed by atoms with E-state index >= 15 is 0 Å². The molecule has 0 aliphatic rings. The maximum atomic E-state index is 11.4. The number of ether oxygens (including phenoxy) is 2. The van der Waals surface area contributed by atoms with Crippen LogP contribution in [0, 0.1) is 0 Å². The third kappa shape index (κ3) is 3.35. The smallest absolute Gasteiger partial charge is 0.309 e. The van der Waals surface area contributed by atoms with Crippen molar-refractivity contribution < 1.29 is 14.3 Å². The van der Waals surface area contributed by atoms with Crippen LogP contribution in [0.3, 0.4) is 0 Å². The lowest BCUT2D eigenvalue weighted by molar-refractivity contribution is -0.139. The summed E-state index contributed by atoms with van der Waals surface area (Å²) in [6, 6.07) is 15.8. The van der Waals surface area contributed by atoms with Crippen molar-refractivity contribution in [2.75, 3.05) is 14.2 Å². The van der Waals surface area contributed by atoms with Gasteiger partial charge in [-0.05, 0) is 28.8 Å². The fraction of sp³-hybridized carbons (Fsp3) is 0.188. The van der Waals surface area contributed by atoms with Crippen LogP contribution in [-0.2, 0) is 16.0 Å². The van der Waals surface area contributed by atoms with E-state index in [1.165, 1.54) is 7.11 Å². The Balaban J connectivity index is 2.39. The summed E-state index contributed by atoms with van der Waals surface area (Å²) < 4.78 is 9.97. The van der Waals surface area contributed by atoms with Crippen molar-refractivity contribution >= 4 is 5.97 Å². The van der Waals surface area contributed by atoms with E-state index in [0.717, 1.165) is 22.4 Å². The molecule has 19 heavy (non-hydrogen) atoms. The largest absolute Gasteiger partial charge is 0.497 e. The van der Waals surface area contributed by atoms with Gasteiger partial charge in [-0.2, -0.15) is 0 Å². The molecule has 2 aromatic rings. The predicted molar refractivity (Wildman–Crippen MR) is 74.2 cm³/mol. The van der Waals surface area contributed by atoms with E-state index in [4.69, 9.17) is 9.47 Å². The summed E-state index contributed by atoms with van der Waals surface area (Å²) in [5.74, 6) is 0.479. The summed E-state index contributed by atoms with van der Waals surface area (Å²) in [6.07, 6.45) is 0.244. The molecule has 0 heterocycles. The number of esters is 1. The van der Waals surface area contributed by atoms with E-state index in [9.17, 15) is 4.79 Å². The van der Waals surface area contributed by atoms with Crippen molar-refractivity contribution in [3.8, 4) is 16.9 Å². The predicted octanol–water partition coefficient (Wildman–Crippen LogP) is 3.08. The Hall–Kier alpha value is -2.29. The number of hydrogen-bond donors (Lipinski definition) is 0. The van der Waals surface area contributed by atoms with Crippen LogP contribution in [0.15, 0.2) is 48.5 Å². The highest BCUT2D eigenvalue weighted by Crippen LogP contribution is 2.26. The summed E-state index contributed by atoms with van der Waals surface area (Å²) in [6.45, 7) is 0. The van der Waals surface area contributed by atoms with Gasteiger partial charge in [0.05, 0.1) is 20.6 Å². The molecular weight excluding hydrogens is 240 g/mol. The second kappa shape index (κ2) is 6.05. The molecule has 2 aromatic carbocycles. The van der Waals surface area contributed by atoms with Crippen molar-refractivity contribution in [3.63, 3.8) is 0 Å².